The van der Waals surface area contributed by atoms with Crippen LogP contribution in [-0.4, -0.2) is 10.9 Å². The molecule has 0 spiro atoms. The molecule has 1 aliphatic rings. The molecular formula is C17H22O2. The van der Waals surface area contributed by atoms with Gasteiger partial charge in [-0.15, -0.1) is 0 Å². The van der Waals surface area contributed by atoms with Crippen molar-refractivity contribution in [1.82, 2.24) is 0 Å². The average molecular weight is 258 g/mol. The van der Waals surface area contributed by atoms with Crippen molar-refractivity contribution in [3.05, 3.63) is 35.4 Å². The predicted octanol–water partition coefficient (Wildman–Crippen LogP) is 4.19. The van der Waals surface area contributed by atoms with E-state index in [1.807, 2.05) is 18.2 Å². The van der Waals surface area contributed by atoms with Gasteiger partial charge in [0.1, 0.15) is 5.75 Å². The van der Waals surface area contributed by atoms with Crippen molar-refractivity contribution >= 4 is 11.9 Å². The molecule has 19 heavy (non-hydrogen) atoms. The third-order valence-corrected chi connectivity index (χ3v) is 3.85. The summed E-state index contributed by atoms with van der Waals surface area (Å²) in [7, 11) is 0. The van der Waals surface area contributed by atoms with Crippen molar-refractivity contribution in [2.75, 3.05) is 0 Å². The molecule has 1 aromatic carbocycles. The Labute approximate surface area is 115 Å². The maximum atomic E-state index is 12.5. The molecule has 0 bridgehead atoms. The van der Waals surface area contributed by atoms with Gasteiger partial charge in [0.2, 0.25) is 0 Å². The van der Waals surface area contributed by atoms with E-state index in [2.05, 4.69) is 20.8 Å². The Morgan fingerprint density at radius 2 is 1.84 bits per heavy atom. The number of hydrogen-bond acceptors (Lipinski definition) is 2. The van der Waals surface area contributed by atoms with E-state index in [1.165, 1.54) is 0 Å². The SMILES string of the molecule is CC(C)(C)[C@@H]1CCC/C(=C\c2ccc(O)cc2)C1=O. The van der Waals surface area contributed by atoms with E-state index in [0.717, 1.165) is 30.4 Å². The largest absolute Gasteiger partial charge is 0.508 e. The van der Waals surface area contributed by atoms with Gasteiger partial charge in [-0.05, 0) is 54.0 Å². The van der Waals surface area contributed by atoms with Crippen molar-refractivity contribution in [1.29, 1.82) is 0 Å². The van der Waals surface area contributed by atoms with Crippen molar-refractivity contribution in [2.24, 2.45) is 11.3 Å². The lowest BCUT2D eigenvalue weighted by molar-refractivity contribution is -0.123. The fraction of sp³-hybridized carbons (Fsp3) is 0.471. The maximum Gasteiger partial charge on any atom is 0.162 e. The summed E-state index contributed by atoms with van der Waals surface area (Å²) in [6.07, 6.45) is 4.92. The van der Waals surface area contributed by atoms with E-state index in [9.17, 15) is 9.90 Å². The highest BCUT2D eigenvalue weighted by atomic mass is 16.3. The van der Waals surface area contributed by atoms with Crippen LogP contribution in [0.4, 0.5) is 0 Å². The number of hydrogen-bond donors (Lipinski definition) is 1. The number of rotatable bonds is 1. The second kappa shape index (κ2) is 5.20. The van der Waals surface area contributed by atoms with E-state index in [-0.39, 0.29) is 17.1 Å². The summed E-state index contributed by atoms with van der Waals surface area (Å²) >= 11 is 0. The first-order chi connectivity index (χ1) is 8.88. The number of allylic oxidation sites excluding steroid dienone is 1. The predicted molar refractivity (Wildman–Crippen MR) is 77.9 cm³/mol. The van der Waals surface area contributed by atoms with E-state index >= 15 is 0 Å². The van der Waals surface area contributed by atoms with Crippen LogP contribution in [-0.2, 0) is 4.79 Å². The highest BCUT2D eigenvalue weighted by Gasteiger charge is 2.35. The molecule has 0 aliphatic heterocycles. The molecule has 2 heteroatoms. The molecule has 1 aliphatic carbocycles. The molecule has 0 aromatic heterocycles. The van der Waals surface area contributed by atoms with Crippen LogP contribution in [0.3, 0.4) is 0 Å². The monoisotopic (exact) mass is 258 g/mol. The van der Waals surface area contributed by atoms with E-state index < -0.39 is 0 Å². The van der Waals surface area contributed by atoms with Gasteiger partial charge >= 0.3 is 0 Å². The highest BCUT2D eigenvalue weighted by molar-refractivity contribution is 6.02. The zero-order chi connectivity index (χ0) is 14.0. The topological polar surface area (TPSA) is 37.3 Å². The second-order valence-electron chi connectivity index (χ2n) is 6.44. The molecular weight excluding hydrogens is 236 g/mol. The van der Waals surface area contributed by atoms with Gasteiger partial charge in [-0.3, -0.25) is 4.79 Å². The molecule has 1 N–H and O–H groups in total. The Hall–Kier alpha value is -1.57. The van der Waals surface area contributed by atoms with Gasteiger partial charge in [-0.2, -0.15) is 0 Å². The van der Waals surface area contributed by atoms with Crippen LogP contribution in [0, 0.1) is 11.3 Å². The smallest absolute Gasteiger partial charge is 0.162 e. The van der Waals surface area contributed by atoms with Crippen molar-refractivity contribution in [3.8, 4) is 5.75 Å². The van der Waals surface area contributed by atoms with Crippen LogP contribution in [0.15, 0.2) is 29.8 Å². The van der Waals surface area contributed by atoms with Gasteiger partial charge in [0.05, 0.1) is 0 Å². The van der Waals surface area contributed by atoms with Gasteiger partial charge in [-0.1, -0.05) is 32.9 Å². The molecule has 0 radical (unpaired) electrons. The number of carbonyl (C=O) groups excluding carboxylic acids is 1. The average Bonchev–Trinajstić information content (AvgIpc) is 2.33. The summed E-state index contributed by atoms with van der Waals surface area (Å²) in [5.74, 6) is 0.682. The summed E-state index contributed by atoms with van der Waals surface area (Å²) in [6, 6.07) is 6.99. The summed E-state index contributed by atoms with van der Waals surface area (Å²) in [4.78, 5) is 12.5. The van der Waals surface area contributed by atoms with Crippen LogP contribution in [0.5, 0.6) is 5.75 Å². The number of phenolic OH excluding ortho intramolecular Hbond substituents is 1. The third-order valence-electron chi connectivity index (χ3n) is 3.85. The minimum atomic E-state index is 0.0333. The molecule has 1 fully saturated rings. The number of carbonyl (C=O) groups is 1. The summed E-state index contributed by atoms with van der Waals surface area (Å²) in [5.41, 5.74) is 1.94. The van der Waals surface area contributed by atoms with Crippen LogP contribution in [0.1, 0.15) is 45.6 Å². The molecule has 1 saturated carbocycles. The van der Waals surface area contributed by atoms with Crippen molar-refractivity contribution < 1.29 is 9.90 Å². The normalized spacial score (nSPS) is 22.8. The molecule has 2 rings (SSSR count). The Morgan fingerprint density at radius 1 is 1.21 bits per heavy atom. The minimum Gasteiger partial charge on any atom is -0.508 e. The zero-order valence-electron chi connectivity index (χ0n) is 11.9. The number of benzene rings is 1. The first-order valence-electron chi connectivity index (χ1n) is 6.92. The molecule has 0 saturated heterocycles. The van der Waals surface area contributed by atoms with Crippen LogP contribution in [0.2, 0.25) is 0 Å². The molecule has 2 nitrogen and oxygen atoms in total. The molecule has 102 valence electrons. The molecule has 0 unspecified atom stereocenters. The Balaban J connectivity index is 2.24. The molecule has 0 heterocycles. The molecule has 0 amide bonds. The van der Waals surface area contributed by atoms with Gasteiger partial charge < -0.3 is 5.11 Å². The number of Topliss-reactive ketones (excluding diaryl/α,β-unsaturated/α-hetero) is 1. The van der Waals surface area contributed by atoms with E-state index in [4.69, 9.17) is 0 Å². The fourth-order valence-corrected chi connectivity index (χ4v) is 2.72. The first-order valence-corrected chi connectivity index (χ1v) is 6.92. The fourth-order valence-electron chi connectivity index (χ4n) is 2.72. The Morgan fingerprint density at radius 3 is 2.42 bits per heavy atom. The number of phenols is 1. The molecule has 1 atom stereocenters. The van der Waals surface area contributed by atoms with Gasteiger partial charge in [-0.25, -0.2) is 0 Å². The standard InChI is InChI=1S/C17H22O2/c1-17(2,3)15-6-4-5-13(16(15)19)11-12-7-9-14(18)10-8-12/h7-11,15,18H,4-6H2,1-3H3/b13-11+/t15-/m1/s1. The summed E-state index contributed by atoms with van der Waals surface area (Å²) in [6.45, 7) is 6.41. The number of ketones is 1. The lowest BCUT2D eigenvalue weighted by Gasteiger charge is -2.33. The van der Waals surface area contributed by atoms with E-state index in [1.54, 1.807) is 12.1 Å². The van der Waals surface area contributed by atoms with Gasteiger partial charge in [0, 0.05) is 5.92 Å². The lowest BCUT2D eigenvalue weighted by Crippen LogP contribution is -2.32. The van der Waals surface area contributed by atoms with Crippen LogP contribution >= 0.6 is 0 Å². The Bertz CT molecular complexity index is 489. The first kappa shape index (κ1) is 13.9. The van der Waals surface area contributed by atoms with Gasteiger partial charge in [0.15, 0.2) is 5.78 Å². The second-order valence-corrected chi connectivity index (χ2v) is 6.44. The van der Waals surface area contributed by atoms with Crippen molar-refractivity contribution in [3.63, 3.8) is 0 Å². The van der Waals surface area contributed by atoms with Crippen molar-refractivity contribution in [2.45, 2.75) is 40.0 Å². The molecule has 1 aromatic rings. The lowest BCUT2D eigenvalue weighted by atomic mass is 9.70. The quantitative estimate of drug-likeness (QED) is 0.767. The summed E-state index contributed by atoms with van der Waals surface area (Å²) in [5, 5.41) is 9.28. The summed E-state index contributed by atoms with van der Waals surface area (Å²) < 4.78 is 0. The highest BCUT2D eigenvalue weighted by Crippen LogP contribution is 2.38. The zero-order valence-corrected chi connectivity index (χ0v) is 11.9. The van der Waals surface area contributed by atoms with E-state index in [0.29, 0.717) is 5.78 Å². The maximum absolute atomic E-state index is 12.5. The van der Waals surface area contributed by atoms with Crippen LogP contribution < -0.4 is 0 Å². The third kappa shape index (κ3) is 3.25. The Kier molecular flexibility index (Phi) is 3.79. The number of aromatic hydroxyl groups is 1. The van der Waals surface area contributed by atoms with Crippen LogP contribution in [0.25, 0.3) is 6.08 Å². The minimum absolute atomic E-state index is 0.0333. The van der Waals surface area contributed by atoms with Gasteiger partial charge in [0.25, 0.3) is 0 Å².